The zero-order valence-corrected chi connectivity index (χ0v) is 21.7. The molecule has 1 fully saturated rings. The molecule has 2 aromatic rings. The van der Waals surface area contributed by atoms with Gasteiger partial charge in [-0.05, 0) is 31.0 Å². The molecule has 2 N–H and O–H groups in total. The molecule has 2 aliphatic rings. The summed E-state index contributed by atoms with van der Waals surface area (Å²) in [7, 11) is -0.845. The summed E-state index contributed by atoms with van der Waals surface area (Å²) in [4.78, 5) is 44.2. The highest BCUT2D eigenvalue weighted by atomic mass is 28.3. The van der Waals surface area contributed by atoms with Crippen LogP contribution in [0.1, 0.15) is 36.6 Å². The van der Waals surface area contributed by atoms with E-state index in [0.29, 0.717) is 36.4 Å². The maximum absolute atomic E-state index is 14.8. The first-order valence-electron chi connectivity index (χ1n) is 11.7. The summed E-state index contributed by atoms with van der Waals surface area (Å²) in [6.07, 6.45) is 0.870. The van der Waals surface area contributed by atoms with Crippen molar-refractivity contribution in [1.29, 1.82) is 0 Å². The molecule has 0 bridgehead atoms. The number of hydrogen-bond acceptors (Lipinski definition) is 5. The Labute approximate surface area is 208 Å². The third-order valence-corrected chi connectivity index (χ3v) is 8.73. The maximum Gasteiger partial charge on any atom is 0.304 e. The molecule has 192 valence electrons. The van der Waals surface area contributed by atoms with Crippen LogP contribution in [-0.2, 0) is 20.8 Å². The number of nitrogens with zero attached hydrogens (tertiary/aromatic N) is 2. The lowest BCUT2D eigenvalue weighted by atomic mass is 9.92. The van der Waals surface area contributed by atoms with E-state index in [2.05, 4.69) is 10.3 Å². The minimum atomic E-state index is -2.31. The third-order valence-electron chi connectivity index (χ3n) is 6.75. The van der Waals surface area contributed by atoms with Crippen LogP contribution in [0.5, 0.6) is 5.88 Å². The monoisotopic (exact) mass is 517 g/mol. The molecule has 0 unspecified atom stereocenters. The molecule has 0 radical (unpaired) electrons. The van der Waals surface area contributed by atoms with Crippen molar-refractivity contribution in [2.75, 3.05) is 19.0 Å². The van der Waals surface area contributed by atoms with Crippen LogP contribution in [0.3, 0.4) is 0 Å². The number of carbonyl (C=O) groups is 3. The van der Waals surface area contributed by atoms with E-state index in [1.807, 2.05) is 19.6 Å². The number of benzene rings is 1. The van der Waals surface area contributed by atoms with Gasteiger partial charge in [0.1, 0.15) is 17.7 Å². The number of carboxylic acids is 1. The number of anilines is 1. The molecule has 1 aliphatic heterocycles. The van der Waals surface area contributed by atoms with Gasteiger partial charge in [0.2, 0.25) is 11.8 Å². The number of methoxy groups -OCH3 is 1. The zero-order valence-electron chi connectivity index (χ0n) is 20.7. The van der Waals surface area contributed by atoms with E-state index in [4.69, 9.17) is 4.74 Å². The molecule has 4 rings (SSSR count). The quantitative estimate of drug-likeness (QED) is 0.546. The van der Waals surface area contributed by atoms with Crippen molar-refractivity contribution in [3.05, 3.63) is 47.2 Å². The van der Waals surface area contributed by atoms with Crippen LogP contribution in [0.15, 0.2) is 24.3 Å². The van der Waals surface area contributed by atoms with Gasteiger partial charge in [0, 0.05) is 35.5 Å². The first-order chi connectivity index (χ1) is 16.9. The largest absolute Gasteiger partial charge is 0.481 e. The summed E-state index contributed by atoms with van der Waals surface area (Å²) in [5.74, 6) is -3.28. The van der Waals surface area contributed by atoms with E-state index in [1.54, 1.807) is 12.1 Å². The van der Waals surface area contributed by atoms with Gasteiger partial charge in [-0.1, -0.05) is 19.6 Å². The first kappa shape index (κ1) is 25.7. The van der Waals surface area contributed by atoms with Crippen LogP contribution in [0.2, 0.25) is 19.6 Å². The number of aliphatic carboxylic acids is 1. The first-order valence-corrected chi connectivity index (χ1v) is 15.2. The number of rotatable bonds is 7. The predicted octanol–water partition coefficient (Wildman–Crippen LogP) is 3.23. The molecule has 1 aromatic carbocycles. The third kappa shape index (κ3) is 4.84. The van der Waals surface area contributed by atoms with E-state index in [1.165, 1.54) is 12.0 Å². The van der Waals surface area contributed by atoms with Crippen molar-refractivity contribution in [3.63, 3.8) is 0 Å². The normalized spacial score (nSPS) is 18.3. The average Bonchev–Trinajstić information content (AvgIpc) is 3.55. The van der Waals surface area contributed by atoms with Crippen molar-refractivity contribution in [1.82, 2.24) is 9.88 Å². The molecule has 2 amide bonds. The average molecular weight is 518 g/mol. The predicted molar refractivity (Wildman–Crippen MR) is 131 cm³/mol. The highest BCUT2D eigenvalue weighted by Gasteiger charge is 2.55. The molecule has 1 aromatic heterocycles. The fourth-order valence-electron chi connectivity index (χ4n) is 4.86. The van der Waals surface area contributed by atoms with E-state index in [9.17, 15) is 28.3 Å². The van der Waals surface area contributed by atoms with Crippen LogP contribution in [0, 0.1) is 17.0 Å². The van der Waals surface area contributed by atoms with E-state index >= 15 is 0 Å². The van der Waals surface area contributed by atoms with Gasteiger partial charge in [-0.15, -0.1) is 0 Å². The Kier molecular flexibility index (Phi) is 6.63. The minimum absolute atomic E-state index is 0.0426. The van der Waals surface area contributed by atoms with Crippen LogP contribution >= 0.6 is 0 Å². The number of ether oxygens (including phenoxy) is 1. The number of fused-ring (bicyclic) bond motifs is 1. The Morgan fingerprint density at radius 2 is 1.83 bits per heavy atom. The number of nitrogens with one attached hydrogen (secondary N) is 1. The van der Waals surface area contributed by atoms with Crippen molar-refractivity contribution in [3.8, 4) is 5.88 Å². The second-order valence-corrected chi connectivity index (χ2v) is 15.4. The Hall–Kier alpha value is -3.34. The standard InChI is InChI=1S/C25H29F2N3O5Si/c1-35-19-6-5-15-18(29-19)7-10-30(24(34)25(8-9-25)13-20(31)32)21(15)23(33)28-14-11-16(26)22(17(27)12-14)36(2,3)4/h5-6,11-12,21H,7-10,13H2,1-4H3,(H,28,33)(H,31,32)/t21-/m1/s1. The molecule has 1 atom stereocenters. The van der Waals surface area contributed by atoms with E-state index in [-0.39, 0.29) is 23.8 Å². The molecule has 36 heavy (non-hydrogen) atoms. The van der Waals surface area contributed by atoms with Crippen LogP contribution in [0.25, 0.3) is 0 Å². The van der Waals surface area contributed by atoms with Gasteiger partial charge in [0.25, 0.3) is 5.91 Å². The Balaban J connectivity index is 1.70. The van der Waals surface area contributed by atoms with Crippen molar-refractivity contribution in [2.45, 2.75) is 51.4 Å². The number of carboxylic acid groups (broad SMARTS) is 1. The fraction of sp³-hybridized carbons (Fsp3) is 0.440. The van der Waals surface area contributed by atoms with E-state index < -0.39 is 48.9 Å². The molecular weight excluding hydrogens is 488 g/mol. The Morgan fingerprint density at radius 3 is 2.36 bits per heavy atom. The number of halogens is 2. The lowest BCUT2D eigenvalue weighted by Crippen LogP contribution is -2.48. The van der Waals surface area contributed by atoms with Gasteiger partial charge in [0.15, 0.2) is 0 Å². The molecule has 0 saturated heterocycles. The summed E-state index contributed by atoms with van der Waals surface area (Å²) < 4.78 is 34.8. The highest BCUT2D eigenvalue weighted by molar-refractivity contribution is 6.88. The zero-order chi connectivity index (χ0) is 26.4. The minimum Gasteiger partial charge on any atom is -0.481 e. The summed E-state index contributed by atoms with van der Waals surface area (Å²) >= 11 is 0. The molecule has 1 saturated carbocycles. The second kappa shape index (κ2) is 9.27. The number of carbonyl (C=O) groups excluding carboxylic acids is 2. The summed E-state index contributed by atoms with van der Waals surface area (Å²) in [6.45, 7) is 5.60. The smallest absolute Gasteiger partial charge is 0.304 e. The highest BCUT2D eigenvalue weighted by Crippen LogP contribution is 2.52. The number of hydrogen-bond donors (Lipinski definition) is 2. The molecule has 8 nitrogen and oxygen atoms in total. The second-order valence-electron chi connectivity index (χ2n) is 10.4. The lowest BCUT2D eigenvalue weighted by Gasteiger charge is -2.38. The van der Waals surface area contributed by atoms with Gasteiger partial charge in [-0.3, -0.25) is 14.4 Å². The van der Waals surface area contributed by atoms with Gasteiger partial charge >= 0.3 is 5.97 Å². The van der Waals surface area contributed by atoms with Crippen LogP contribution in [-0.4, -0.2) is 54.5 Å². The number of pyridine rings is 1. The van der Waals surface area contributed by atoms with E-state index in [0.717, 1.165) is 12.1 Å². The summed E-state index contributed by atoms with van der Waals surface area (Å²) in [5.41, 5.74) is -0.0877. The van der Waals surface area contributed by atoms with Gasteiger partial charge in [0.05, 0.1) is 32.7 Å². The molecular formula is C25H29F2N3O5Si. The SMILES string of the molecule is COc1ccc2c(n1)CCN(C(=O)C1(CC(=O)O)CC1)[C@H]2C(=O)Nc1cc(F)c([Si](C)(C)C)c(F)c1. The summed E-state index contributed by atoms with van der Waals surface area (Å²) in [5, 5.41) is 11.9. The van der Waals surface area contributed by atoms with Crippen LogP contribution in [0.4, 0.5) is 14.5 Å². The van der Waals surface area contributed by atoms with Gasteiger partial charge in [-0.2, -0.15) is 0 Å². The van der Waals surface area contributed by atoms with Gasteiger partial charge < -0.3 is 20.1 Å². The summed E-state index contributed by atoms with van der Waals surface area (Å²) in [6, 6.07) is 4.23. The molecule has 1 aliphatic carbocycles. The van der Waals surface area contributed by atoms with Crippen molar-refractivity contribution >= 4 is 36.7 Å². The lowest BCUT2D eigenvalue weighted by molar-refractivity contribution is -0.149. The number of aromatic nitrogens is 1. The molecule has 2 heterocycles. The number of amides is 2. The molecule has 0 spiro atoms. The maximum atomic E-state index is 14.8. The van der Waals surface area contributed by atoms with Crippen molar-refractivity contribution < 1.29 is 33.0 Å². The topological polar surface area (TPSA) is 109 Å². The fourth-order valence-corrected chi connectivity index (χ4v) is 6.44. The van der Waals surface area contributed by atoms with Crippen molar-refractivity contribution in [2.24, 2.45) is 5.41 Å². The van der Waals surface area contributed by atoms with Gasteiger partial charge in [-0.25, -0.2) is 13.8 Å². The Morgan fingerprint density at radius 1 is 1.19 bits per heavy atom. The Bertz CT molecular complexity index is 1220. The molecule has 11 heteroatoms. The van der Waals surface area contributed by atoms with Crippen LogP contribution < -0.4 is 15.2 Å².